The standard InChI is InChI=1S/C29H37N3O7S/c1-29(2,3)38-28(35)30-21(27(34)36-4)15-37-26-24(40-20-8-6-5-7-9-20)23(39-32-26)25(33)31-22-18-11-16-10-17(13-18)14-19(22)12-16/h5-9,16-19,21-22H,10-15H2,1-4H3,(H,30,35)(H,31,33)/t16?,17?,18?,19?,21-,22?/m0/s1. The Balaban J connectivity index is 1.33. The maximum absolute atomic E-state index is 13.6. The average Bonchev–Trinajstić information content (AvgIpc) is 3.29. The van der Waals surface area contributed by atoms with Crippen LogP contribution in [0.1, 0.15) is 63.4 Å². The summed E-state index contributed by atoms with van der Waals surface area (Å²) in [5, 5.41) is 9.78. The lowest BCUT2D eigenvalue weighted by Gasteiger charge is -2.54. The first kappa shape index (κ1) is 28.3. The van der Waals surface area contributed by atoms with Crippen molar-refractivity contribution in [2.45, 2.75) is 80.4 Å². The highest BCUT2D eigenvalue weighted by Gasteiger charge is 2.49. The molecule has 4 saturated carbocycles. The van der Waals surface area contributed by atoms with Crippen molar-refractivity contribution in [1.29, 1.82) is 0 Å². The molecule has 0 radical (unpaired) electrons. The van der Waals surface area contributed by atoms with Gasteiger partial charge in [0.05, 0.1) is 7.11 Å². The summed E-state index contributed by atoms with van der Waals surface area (Å²) >= 11 is 1.28. The zero-order valence-electron chi connectivity index (χ0n) is 23.3. The molecule has 4 fully saturated rings. The van der Waals surface area contributed by atoms with E-state index in [1.807, 2.05) is 30.3 Å². The van der Waals surface area contributed by atoms with Crippen molar-refractivity contribution in [3.63, 3.8) is 0 Å². The number of nitrogens with one attached hydrogen (secondary N) is 2. The maximum Gasteiger partial charge on any atom is 0.408 e. The number of carbonyl (C=O) groups excluding carboxylic acids is 3. The van der Waals surface area contributed by atoms with Gasteiger partial charge < -0.3 is 29.4 Å². The third-order valence-electron chi connectivity index (χ3n) is 7.88. The van der Waals surface area contributed by atoms with Crippen molar-refractivity contribution in [2.24, 2.45) is 23.7 Å². The minimum Gasteiger partial charge on any atom is -0.472 e. The van der Waals surface area contributed by atoms with Gasteiger partial charge in [-0.25, -0.2) is 9.59 Å². The molecule has 0 spiro atoms. The van der Waals surface area contributed by atoms with Gasteiger partial charge in [-0.1, -0.05) is 30.0 Å². The van der Waals surface area contributed by atoms with E-state index in [-0.39, 0.29) is 30.2 Å². The van der Waals surface area contributed by atoms with Gasteiger partial charge in [-0.15, -0.1) is 0 Å². The molecule has 2 N–H and O–H groups in total. The summed E-state index contributed by atoms with van der Waals surface area (Å²) in [5.41, 5.74) is -0.753. The van der Waals surface area contributed by atoms with E-state index in [0.29, 0.717) is 16.7 Å². The summed E-state index contributed by atoms with van der Waals surface area (Å²) in [6.07, 6.45) is 5.24. The fourth-order valence-electron chi connectivity index (χ4n) is 6.50. The van der Waals surface area contributed by atoms with Gasteiger partial charge >= 0.3 is 12.1 Å². The Morgan fingerprint density at radius 1 is 1.05 bits per heavy atom. The summed E-state index contributed by atoms with van der Waals surface area (Å²) in [6.45, 7) is 4.84. The minimum absolute atomic E-state index is 0.0453. The second-order valence-electron chi connectivity index (χ2n) is 12.0. The van der Waals surface area contributed by atoms with Gasteiger partial charge in [-0.2, -0.15) is 0 Å². The number of methoxy groups -OCH3 is 1. The number of esters is 1. The van der Waals surface area contributed by atoms with Crippen LogP contribution in [0, 0.1) is 23.7 Å². The van der Waals surface area contributed by atoms with Gasteiger partial charge in [0, 0.05) is 10.9 Å². The van der Waals surface area contributed by atoms with Gasteiger partial charge in [0.1, 0.15) is 17.1 Å². The molecule has 0 unspecified atom stereocenters. The molecule has 2 amide bonds. The van der Waals surface area contributed by atoms with Crippen molar-refractivity contribution < 1.29 is 33.1 Å². The number of carbonyl (C=O) groups is 3. The SMILES string of the molecule is COC(=O)[C@H](COc1noc(C(=O)NC2C3CC4CC(C3)CC2C4)c1Sc1ccccc1)NC(=O)OC(C)(C)C. The van der Waals surface area contributed by atoms with E-state index >= 15 is 0 Å². The van der Waals surface area contributed by atoms with Crippen LogP contribution in [-0.2, 0) is 14.3 Å². The van der Waals surface area contributed by atoms with Crippen LogP contribution >= 0.6 is 11.8 Å². The number of hydrogen-bond donors (Lipinski definition) is 2. The van der Waals surface area contributed by atoms with E-state index in [4.69, 9.17) is 18.7 Å². The second-order valence-corrected chi connectivity index (χ2v) is 13.1. The van der Waals surface area contributed by atoms with E-state index in [1.54, 1.807) is 20.8 Å². The van der Waals surface area contributed by atoms with Crippen LogP contribution in [0.3, 0.4) is 0 Å². The number of rotatable bonds is 9. The number of nitrogens with zero attached hydrogens (tertiary/aromatic N) is 1. The van der Waals surface area contributed by atoms with E-state index in [2.05, 4.69) is 15.8 Å². The highest BCUT2D eigenvalue weighted by molar-refractivity contribution is 7.99. The molecule has 1 aromatic carbocycles. The number of hydrogen-bond acceptors (Lipinski definition) is 9. The monoisotopic (exact) mass is 571 g/mol. The van der Waals surface area contributed by atoms with Gasteiger partial charge in [-0.3, -0.25) is 4.79 Å². The Labute approximate surface area is 238 Å². The van der Waals surface area contributed by atoms with E-state index in [9.17, 15) is 14.4 Å². The lowest BCUT2D eigenvalue weighted by molar-refractivity contribution is -0.144. The Morgan fingerprint density at radius 2 is 1.70 bits per heavy atom. The fraction of sp³-hybridized carbons (Fsp3) is 0.586. The van der Waals surface area contributed by atoms with Crippen LogP contribution in [0.2, 0.25) is 0 Å². The maximum atomic E-state index is 13.6. The zero-order valence-corrected chi connectivity index (χ0v) is 24.1. The lowest BCUT2D eigenvalue weighted by Crippen LogP contribution is -2.55. The van der Waals surface area contributed by atoms with Crippen molar-refractivity contribution in [2.75, 3.05) is 13.7 Å². The molecule has 1 aromatic heterocycles. The molecular formula is C29H37N3O7S. The lowest BCUT2D eigenvalue weighted by atomic mass is 9.54. The molecule has 4 aliphatic carbocycles. The molecule has 0 aliphatic heterocycles. The zero-order chi connectivity index (χ0) is 28.4. The summed E-state index contributed by atoms with van der Waals surface area (Å²) in [5.74, 6) is 1.66. The summed E-state index contributed by atoms with van der Waals surface area (Å²) < 4.78 is 21.5. The molecule has 11 heteroatoms. The second kappa shape index (κ2) is 11.7. The first-order valence-corrected chi connectivity index (χ1v) is 14.6. The van der Waals surface area contributed by atoms with Crippen molar-refractivity contribution >= 4 is 29.7 Å². The first-order valence-electron chi connectivity index (χ1n) is 13.8. The molecule has 6 rings (SSSR count). The number of benzene rings is 1. The largest absolute Gasteiger partial charge is 0.472 e. The van der Waals surface area contributed by atoms with Gasteiger partial charge in [0.15, 0.2) is 6.04 Å². The highest BCUT2D eigenvalue weighted by atomic mass is 32.2. The van der Waals surface area contributed by atoms with Crippen LogP contribution < -0.4 is 15.4 Å². The van der Waals surface area contributed by atoms with Gasteiger partial charge in [0.25, 0.3) is 11.8 Å². The third kappa shape index (κ3) is 6.56. The summed E-state index contributed by atoms with van der Waals surface area (Å²) in [7, 11) is 1.21. The van der Waals surface area contributed by atoms with Crippen LogP contribution in [0.4, 0.5) is 4.79 Å². The van der Waals surface area contributed by atoms with Gasteiger partial charge in [0.2, 0.25) is 5.76 Å². The molecule has 40 heavy (non-hydrogen) atoms. The Hall–Kier alpha value is -3.21. The molecule has 10 nitrogen and oxygen atoms in total. The summed E-state index contributed by atoms with van der Waals surface area (Å²) in [4.78, 5) is 39.5. The molecule has 0 saturated heterocycles. The van der Waals surface area contributed by atoms with Crippen molar-refractivity contribution in [3.05, 3.63) is 36.1 Å². The normalized spacial score (nSPS) is 25.6. The number of ether oxygens (including phenoxy) is 3. The molecule has 4 bridgehead atoms. The Kier molecular flexibility index (Phi) is 8.30. The van der Waals surface area contributed by atoms with Crippen LogP contribution in [0.5, 0.6) is 5.88 Å². The molecule has 2 aromatic rings. The highest BCUT2D eigenvalue weighted by Crippen LogP contribution is 2.53. The van der Waals surface area contributed by atoms with Crippen molar-refractivity contribution in [3.8, 4) is 5.88 Å². The molecule has 1 heterocycles. The number of amides is 2. The smallest absolute Gasteiger partial charge is 0.408 e. The predicted octanol–water partition coefficient (Wildman–Crippen LogP) is 4.83. The molecule has 4 aliphatic rings. The predicted molar refractivity (Wildman–Crippen MR) is 146 cm³/mol. The summed E-state index contributed by atoms with van der Waals surface area (Å²) in [6, 6.07) is 8.46. The minimum atomic E-state index is -1.17. The van der Waals surface area contributed by atoms with Crippen LogP contribution in [-0.4, -0.2) is 54.5 Å². The average molecular weight is 572 g/mol. The third-order valence-corrected chi connectivity index (χ3v) is 8.95. The molecule has 216 valence electrons. The van der Waals surface area contributed by atoms with Crippen LogP contribution in [0.25, 0.3) is 0 Å². The quantitative estimate of drug-likeness (QED) is 0.407. The van der Waals surface area contributed by atoms with E-state index in [1.165, 1.54) is 51.0 Å². The van der Waals surface area contributed by atoms with Crippen LogP contribution in [0.15, 0.2) is 44.6 Å². The Bertz CT molecular complexity index is 1200. The Morgan fingerprint density at radius 3 is 2.30 bits per heavy atom. The van der Waals surface area contributed by atoms with E-state index in [0.717, 1.165) is 16.7 Å². The number of aromatic nitrogens is 1. The number of alkyl carbamates (subject to hydrolysis) is 1. The molecular weight excluding hydrogens is 534 g/mol. The first-order chi connectivity index (χ1) is 19.1. The topological polar surface area (TPSA) is 129 Å². The van der Waals surface area contributed by atoms with Crippen molar-refractivity contribution in [1.82, 2.24) is 15.8 Å². The van der Waals surface area contributed by atoms with Gasteiger partial charge in [-0.05, 0) is 93.8 Å². The van der Waals surface area contributed by atoms with E-state index < -0.39 is 23.7 Å². The molecule has 1 atom stereocenters. The fourth-order valence-corrected chi connectivity index (χ4v) is 7.44.